The molecule has 1 N–H and O–H groups in total. The summed E-state index contributed by atoms with van der Waals surface area (Å²) in [5, 5.41) is 13.8. The Morgan fingerprint density at radius 1 is 1.36 bits per heavy atom. The number of amides is 1. The summed E-state index contributed by atoms with van der Waals surface area (Å²) in [6, 6.07) is 9.93. The fraction of sp³-hybridized carbons (Fsp3) is 0.286. The van der Waals surface area contributed by atoms with E-state index in [4.69, 9.17) is 9.15 Å². The van der Waals surface area contributed by atoms with Crippen molar-refractivity contribution in [3.8, 4) is 11.8 Å². The number of hydrogen-bond donors (Lipinski definition) is 1. The van der Waals surface area contributed by atoms with Crippen molar-refractivity contribution >= 4 is 34.5 Å². The van der Waals surface area contributed by atoms with Gasteiger partial charge in [0.2, 0.25) is 11.8 Å². The second kappa shape index (κ2) is 8.36. The van der Waals surface area contributed by atoms with Crippen LogP contribution in [-0.4, -0.2) is 23.8 Å². The molecule has 28 heavy (non-hydrogen) atoms. The summed E-state index contributed by atoms with van der Waals surface area (Å²) >= 11 is 1.50. The van der Waals surface area contributed by atoms with Gasteiger partial charge >= 0.3 is 0 Å². The van der Waals surface area contributed by atoms with Crippen LogP contribution in [0.25, 0.3) is 10.9 Å². The number of carbonyl (C=O) groups excluding carboxylic acids is 1. The number of aryl methyl sites for hydroxylation is 2. The van der Waals surface area contributed by atoms with Crippen molar-refractivity contribution in [1.29, 1.82) is 5.26 Å². The Bertz CT molecular complexity index is 1080. The molecule has 0 saturated carbocycles. The lowest BCUT2D eigenvalue weighted by Crippen LogP contribution is -2.12. The predicted octanol–water partition coefficient (Wildman–Crippen LogP) is 4.75. The maximum Gasteiger partial charge on any atom is 0.227 e. The van der Waals surface area contributed by atoms with Crippen LogP contribution in [0.5, 0.6) is 5.75 Å². The molecular weight excluding hydrogens is 374 g/mol. The molecule has 0 saturated heterocycles. The van der Waals surface area contributed by atoms with Crippen molar-refractivity contribution < 1.29 is 13.9 Å². The topological polar surface area (TPSA) is 88.1 Å². The zero-order chi connectivity index (χ0) is 20.3. The zero-order valence-electron chi connectivity index (χ0n) is 16.3. The number of furan rings is 1. The van der Waals surface area contributed by atoms with Crippen molar-refractivity contribution in [2.24, 2.45) is 0 Å². The van der Waals surface area contributed by atoms with Gasteiger partial charge in [0.25, 0.3) is 0 Å². The number of thioether (sulfide) groups is 1. The van der Waals surface area contributed by atoms with E-state index in [2.05, 4.69) is 16.4 Å². The highest BCUT2D eigenvalue weighted by atomic mass is 32.2. The minimum absolute atomic E-state index is 0.201. The Kier molecular flexibility index (Phi) is 5.90. The number of hydrogen-bond acceptors (Lipinski definition) is 6. The van der Waals surface area contributed by atoms with Crippen molar-refractivity contribution in [2.45, 2.75) is 32.2 Å². The number of nitrogens with one attached hydrogen (secondary N) is 1. The van der Waals surface area contributed by atoms with Crippen LogP contribution < -0.4 is 10.1 Å². The number of carbonyl (C=O) groups is 1. The number of pyridine rings is 1. The van der Waals surface area contributed by atoms with Gasteiger partial charge in [-0.15, -0.1) is 11.8 Å². The van der Waals surface area contributed by atoms with E-state index in [1.165, 1.54) is 11.8 Å². The molecule has 0 unspecified atom stereocenters. The fourth-order valence-electron chi connectivity index (χ4n) is 2.89. The third-order valence-corrected chi connectivity index (χ3v) is 5.45. The summed E-state index contributed by atoms with van der Waals surface area (Å²) < 4.78 is 10.9. The van der Waals surface area contributed by atoms with Crippen LogP contribution in [0.4, 0.5) is 5.88 Å². The number of rotatable bonds is 6. The standard InChI is InChI=1S/C21H21N3O3S/c1-12-10-19(24-20-15(12)6-5-7-17(20)26-4)28-9-8-18(25)23-21-16(11-22)13(2)14(3)27-21/h5-7,10H,8-9H2,1-4H3,(H,23,25). The normalized spacial score (nSPS) is 10.7. The lowest BCUT2D eigenvalue weighted by molar-refractivity contribution is -0.115. The lowest BCUT2D eigenvalue weighted by Gasteiger charge is -2.09. The van der Waals surface area contributed by atoms with Gasteiger partial charge in [0, 0.05) is 23.1 Å². The monoisotopic (exact) mass is 395 g/mol. The van der Waals surface area contributed by atoms with E-state index in [1.54, 1.807) is 21.0 Å². The van der Waals surface area contributed by atoms with Crippen molar-refractivity contribution in [3.05, 3.63) is 46.7 Å². The number of benzene rings is 1. The second-order valence-electron chi connectivity index (χ2n) is 6.38. The number of anilines is 1. The van der Waals surface area contributed by atoms with E-state index >= 15 is 0 Å². The molecule has 6 nitrogen and oxygen atoms in total. The third kappa shape index (κ3) is 3.97. The summed E-state index contributed by atoms with van der Waals surface area (Å²) in [4.78, 5) is 16.9. The maximum atomic E-state index is 12.2. The van der Waals surface area contributed by atoms with Gasteiger partial charge in [-0.3, -0.25) is 10.1 Å². The van der Waals surface area contributed by atoms with Gasteiger partial charge in [-0.2, -0.15) is 5.26 Å². The number of nitriles is 1. The molecule has 0 spiro atoms. The highest BCUT2D eigenvalue weighted by molar-refractivity contribution is 7.99. The van der Waals surface area contributed by atoms with Crippen molar-refractivity contribution in [2.75, 3.05) is 18.2 Å². The summed E-state index contributed by atoms with van der Waals surface area (Å²) in [6.07, 6.45) is 0.277. The first-order valence-electron chi connectivity index (χ1n) is 8.81. The molecule has 1 amide bonds. The van der Waals surface area contributed by atoms with Crippen LogP contribution >= 0.6 is 11.8 Å². The fourth-order valence-corrected chi connectivity index (χ4v) is 3.80. The quantitative estimate of drug-likeness (QED) is 0.606. The highest BCUT2D eigenvalue weighted by Crippen LogP contribution is 2.30. The molecule has 3 aromatic rings. The summed E-state index contributed by atoms with van der Waals surface area (Å²) in [7, 11) is 1.63. The van der Waals surface area contributed by atoms with Gasteiger partial charge in [-0.05, 0) is 38.5 Å². The number of aromatic nitrogens is 1. The predicted molar refractivity (Wildman–Crippen MR) is 110 cm³/mol. The highest BCUT2D eigenvalue weighted by Gasteiger charge is 2.16. The van der Waals surface area contributed by atoms with Gasteiger partial charge in [0.1, 0.15) is 28.7 Å². The third-order valence-electron chi connectivity index (χ3n) is 4.53. The lowest BCUT2D eigenvalue weighted by atomic mass is 10.1. The molecule has 7 heteroatoms. The van der Waals surface area contributed by atoms with Crippen LogP contribution in [0.15, 0.2) is 33.7 Å². The summed E-state index contributed by atoms with van der Waals surface area (Å²) in [5.74, 6) is 1.93. The number of methoxy groups -OCH3 is 1. The molecule has 0 radical (unpaired) electrons. The molecule has 2 aromatic heterocycles. The van der Waals surface area contributed by atoms with Crippen LogP contribution in [0.2, 0.25) is 0 Å². The largest absolute Gasteiger partial charge is 0.494 e. The van der Waals surface area contributed by atoms with Crippen molar-refractivity contribution in [3.63, 3.8) is 0 Å². The number of fused-ring (bicyclic) bond motifs is 1. The molecular formula is C21H21N3O3S. The number of nitrogens with zero attached hydrogens (tertiary/aromatic N) is 2. The van der Waals surface area contributed by atoms with E-state index in [1.807, 2.05) is 31.2 Å². The van der Waals surface area contributed by atoms with Crippen molar-refractivity contribution in [1.82, 2.24) is 4.98 Å². The zero-order valence-corrected chi connectivity index (χ0v) is 17.1. The van der Waals surface area contributed by atoms with Gasteiger partial charge in [-0.25, -0.2) is 4.98 Å². The smallest absolute Gasteiger partial charge is 0.227 e. The van der Waals surface area contributed by atoms with E-state index in [-0.39, 0.29) is 18.2 Å². The first kappa shape index (κ1) is 19.8. The summed E-state index contributed by atoms with van der Waals surface area (Å²) in [6.45, 7) is 5.60. The van der Waals surface area contributed by atoms with Crippen LogP contribution in [-0.2, 0) is 4.79 Å². The molecule has 0 aliphatic carbocycles. The average Bonchev–Trinajstić information content (AvgIpc) is 2.94. The Balaban J connectivity index is 1.66. The molecule has 0 aliphatic rings. The van der Waals surface area contributed by atoms with Gasteiger partial charge in [0.15, 0.2) is 0 Å². The van der Waals surface area contributed by atoms with E-state index < -0.39 is 0 Å². The van der Waals surface area contributed by atoms with E-state index in [0.717, 1.165) is 32.8 Å². The van der Waals surface area contributed by atoms with Crippen LogP contribution in [0.3, 0.4) is 0 Å². The number of ether oxygens (including phenoxy) is 1. The van der Waals surface area contributed by atoms with E-state index in [9.17, 15) is 10.1 Å². The van der Waals surface area contributed by atoms with Gasteiger partial charge in [-0.1, -0.05) is 12.1 Å². The molecule has 144 valence electrons. The molecule has 0 bridgehead atoms. The van der Waals surface area contributed by atoms with Gasteiger partial charge < -0.3 is 9.15 Å². The Morgan fingerprint density at radius 3 is 2.86 bits per heavy atom. The molecule has 2 heterocycles. The molecule has 1 aromatic carbocycles. The molecule has 3 rings (SSSR count). The van der Waals surface area contributed by atoms with Crippen LogP contribution in [0, 0.1) is 32.1 Å². The molecule has 0 aliphatic heterocycles. The SMILES string of the molecule is COc1cccc2c(C)cc(SCCC(=O)Nc3oc(C)c(C)c3C#N)nc12. The Hall–Kier alpha value is -2.98. The second-order valence-corrected chi connectivity index (χ2v) is 7.49. The molecule has 0 fully saturated rings. The van der Waals surface area contributed by atoms with Crippen LogP contribution in [0.1, 0.15) is 28.9 Å². The Morgan fingerprint density at radius 2 is 2.14 bits per heavy atom. The van der Waals surface area contributed by atoms with Gasteiger partial charge in [0.05, 0.1) is 12.1 Å². The maximum absolute atomic E-state index is 12.2. The molecule has 0 atom stereocenters. The minimum Gasteiger partial charge on any atom is -0.494 e. The minimum atomic E-state index is -0.201. The first-order chi connectivity index (χ1) is 13.4. The van der Waals surface area contributed by atoms with E-state index in [0.29, 0.717) is 17.1 Å². The average molecular weight is 395 g/mol. The summed E-state index contributed by atoms with van der Waals surface area (Å²) in [5.41, 5.74) is 3.04. The number of para-hydroxylation sites is 1. The Labute approximate surface area is 167 Å². The first-order valence-corrected chi connectivity index (χ1v) is 9.80.